The highest BCUT2D eigenvalue weighted by Crippen LogP contribution is 2.23. The van der Waals surface area contributed by atoms with E-state index in [9.17, 15) is 19.8 Å². The Bertz CT molecular complexity index is 835. The van der Waals surface area contributed by atoms with Gasteiger partial charge in [-0.3, -0.25) is 14.5 Å². The lowest BCUT2D eigenvalue weighted by atomic mass is 10.0. The molecule has 2 amide bonds. The molecule has 0 aromatic heterocycles. The summed E-state index contributed by atoms with van der Waals surface area (Å²) >= 11 is 11.9. The molecule has 176 valence electrons. The largest absolute Gasteiger partial charge is 0.395 e. The number of carbonyl (C=O) groups is 2. The van der Waals surface area contributed by atoms with Crippen LogP contribution in [0.2, 0.25) is 10.0 Å². The average molecular weight is 484 g/mol. The average Bonchev–Trinajstić information content (AvgIpc) is 2.96. The van der Waals surface area contributed by atoms with Gasteiger partial charge in [0.1, 0.15) is 0 Å². The fourth-order valence-corrected chi connectivity index (χ4v) is 4.57. The Morgan fingerprint density at radius 3 is 2.69 bits per heavy atom. The Balaban J connectivity index is 1.52. The van der Waals surface area contributed by atoms with Crippen molar-refractivity contribution in [1.82, 2.24) is 14.7 Å². The van der Waals surface area contributed by atoms with Gasteiger partial charge in [0.2, 0.25) is 11.8 Å². The predicted molar refractivity (Wildman–Crippen MR) is 126 cm³/mol. The molecule has 2 saturated heterocycles. The van der Waals surface area contributed by atoms with Crippen LogP contribution in [0.5, 0.6) is 0 Å². The van der Waals surface area contributed by atoms with Crippen LogP contribution in [0.25, 0.3) is 6.08 Å². The van der Waals surface area contributed by atoms with Crippen LogP contribution < -0.4 is 0 Å². The lowest BCUT2D eigenvalue weighted by Crippen LogP contribution is -2.49. The molecule has 1 aromatic rings. The summed E-state index contributed by atoms with van der Waals surface area (Å²) in [6.45, 7) is 2.73. The molecule has 2 aliphatic rings. The van der Waals surface area contributed by atoms with Crippen molar-refractivity contribution in [1.29, 1.82) is 0 Å². The zero-order chi connectivity index (χ0) is 23.1. The molecule has 2 N–H and O–H groups in total. The minimum Gasteiger partial charge on any atom is -0.395 e. The molecule has 0 aliphatic carbocycles. The van der Waals surface area contributed by atoms with Crippen LogP contribution in [-0.2, 0) is 9.59 Å². The van der Waals surface area contributed by atoms with Crippen molar-refractivity contribution >= 4 is 41.1 Å². The van der Waals surface area contributed by atoms with Gasteiger partial charge in [-0.05, 0) is 43.2 Å². The lowest BCUT2D eigenvalue weighted by molar-refractivity contribution is -0.132. The van der Waals surface area contributed by atoms with E-state index < -0.39 is 6.10 Å². The summed E-state index contributed by atoms with van der Waals surface area (Å²) in [4.78, 5) is 30.6. The number of rotatable bonds is 7. The van der Waals surface area contributed by atoms with Crippen molar-refractivity contribution in [3.8, 4) is 0 Å². The van der Waals surface area contributed by atoms with Gasteiger partial charge < -0.3 is 20.0 Å². The van der Waals surface area contributed by atoms with Crippen LogP contribution in [0, 0.1) is 0 Å². The highest BCUT2D eigenvalue weighted by molar-refractivity contribution is 6.42. The maximum atomic E-state index is 12.6. The number of β-amino-alcohol motifs (C(OH)–C–C–N with tert-alkyl or cyclic N) is 1. The molecule has 2 atom stereocenters. The molecule has 9 heteroatoms. The number of carbonyl (C=O) groups excluding carboxylic acids is 2. The van der Waals surface area contributed by atoms with Crippen LogP contribution in [0.4, 0.5) is 0 Å². The maximum absolute atomic E-state index is 12.6. The van der Waals surface area contributed by atoms with Crippen molar-refractivity contribution in [2.24, 2.45) is 0 Å². The molecular weight excluding hydrogens is 453 g/mol. The van der Waals surface area contributed by atoms with Crippen LogP contribution in [0.15, 0.2) is 24.3 Å². The summed E-state index contributed by atoms with van der Waals surface area (Å²) < 4.78 is 0. The van der Waals surface area contributed by atoms with Crippen LogP contribution in [0.3, 0.4) is 0 Å². The van der Waals surface area contributed by atoms with Crippen molar-refractivity contribution in [3.05, 3.63) is 39.9 Å². The number of amides is 2. The number of halogens is 2. The second-order valence-electron chi connectivity index (χ2n) is 8.40. The third kappa shape index (κ3) is 6.93. The van der Waals surface area contributed by atoms with Crippen LogP contribution >= 0.6 is 23.2 Å². The van der Waals surface area contributed by atoms with Gasteiger partial charge >= 0.3 is 0 Å². The topological polar surface area (TPSA) is 84.3 Å². The SMILES string of the molecule is O=C(/C=C/c1ccc(Cl)c(Cl)c1)N1CCC(=O)N(CC(O)CN2CCCCC2CO)CC1. The minimum atomic E-state index is -0.692. The minimum absolute atomic E-state index is 0.0647. The molecule has 0 spiro atoms. The summed E-state index contributed by atoms with van der Waals surface area (Å²) in [5.74, 6) is -0.240. The van der Waals surface area contributed by atoms with E-state index >= 15 is 0 Å². The molecule has 0 radical (unpaired) electrons. The van der Waals surface area contributed by atoms with Gasteiger partial charge in [-0.15, -0.1) is 0 Å². The number of nitrogens with zero attached hydrogens (tertiary/aromatic N) is 3. The molecule has 1 aromatic carbocycles. The second-order valence-corrected chi connectivity index (χ2v) is 9.22. The van der Waals surface area contributed by atoms with Crippen molar-refractivity contribution in [3.63, 3.8) is 0 Å². The third-order valence-electron chi connectivity index (χ3n) is 6.10. The third-order valence-corrected chi connectivity index (χ3v) is 6.84. The van der Waals surface area contributed by atoms with Gasteiger partial charge in [-0.25, -0.2) is 0 Å². The molecule has 7 nitrogen and oxygen atoms in total. The number of hydrogen-bond donors (Lipinski definition) is 2. The molecule has 2 unspecified atom stereocenters. The van der Waals surface area contributed by atoms with Gasteiger partial charge in [-0.1, -0.05) is 35.7 Å². The van der Waals surface area contributed by atoms with Crippen LogP contribution in [0.1, 0.15) is 31.2 Å². The van der Waals surface area contributed by atoms with Crippen molar-refractivity contribution in [2.75, 3.05) is 45.9 Å². The highest BCUT2D eigenvalue weighted by atomic mass is 35.5. The number of benzene rings is 1. The van der Waals surface area contributed by atoms with Gasteiger partial charge in [0, 0.05) is 51.3 Å². The molecule has 32 heavy (non-hydrogen) atoms. The Labute approximate surface area is 199 Å². The van der Waals surface area contributed by atoms with Gasteiger partial charge in [0.15, 0.2) is 0 Å². The van der Waals surface area contributed by atoms with E-state index in [-0.39, 0.29) is 37.4 Å². The Morgan fingerprint density at radius 1 is 1.12 bits per heavy atom. The summed E-state index contributed by atoms with van der Waals surface area (Å²) in [5, 5.41) is 21.0. The van der Waals surface area contributed by atoms with E-state index in [0.29, 0.717) is 36.2 Å². The highest BCUT2D eigenvalue weighted by Gasteiger charge is 2.27. The number of likely N-dealkylation sites (tertiary alicyclic amines) is 1. The maximum Gasteiger partial charge on any atom is 0.246 e. The molecule has 0 bridgehead atoms. The molecule has 2 heterocycles. The van der Waals surface area contributed by atoms with E-state index in [1.807, 2.05) is 0 Å². The Morgan fingerprint density at radius 2 is 1.94 bits per heavy atom. The Hall–Kier alpha value is -1.64. The van der Waals surface area contributed by atoms with Crippen molar-refractivity contribution < 1.29 is 19.8 Å². The van der Waals surface area contributed by atoms with Gasteiger partial charge in [0.05, 0.1) is 22.8 Å². The zero-order valence-corrected chi connectivity index (χ0v) is 19.6. The first-order chi connectivity index (χ1) is 15.4. The number of aliphatic hydroxyl groups excluding tert-OH is 2. The van der Waals surface area contributed by atoms with Crippen molar-refractivity contribution in [2.45, 2.75) is 37.8 Å². The summed E-state index contributed by atoms with van der Waals surface area (Å²) in [7, 11) is 0. The molecule has 2 fully saturated rings. The molecule has 3 rings (SSSR count). The van der Waals surface area contributed by atoms with E-state index in [4.69, 9.17) is 23.2 Å². The number of aliphatic hydroxyl groups is 2. The monoisotopic (exact) mass is 483 g/mol. The van der Waals surface area contributed by atoms with E-state index in [0.717, 1.165) is 31.4 Å². The number of hydrogen-bond acceptors (Lipinski definition) is 5. The summed E-state index contributed by atoms with van der Waals surface area (Å²) in [6, 6.07) is 5.21. The van der Waals surface area contributed by atoms with Crippen LogP contribution in [-0.4, -0.2) is 94.7 Å². The smallest absolute Gasteiger partial charge is 0.246 e. The predicted octanol–water partition coefficient (Wildman–Crippen LogP) is 2.28. The molecule has 2 aliphatic heterocycles. The van der Waals surface area contributed by atoms with Gasteiger partial charge in [-0.2, -0.15) is 0 Å². The standard InChI is InChI=1S/C23H31Cl2N3O4/c24-20-6-4-17(13-21(20)25)5-7-22(31)26-10-8-23(32)28(12-11-26)15-19(30)14-27-9-2-1-3-18(27)16-29/h4-7,13,18-19,29-30H,1-3,8-12,14-16H2/b7-5+. The fraction of sp³-hybridized carbons (Fsp3) is 0.565. The fourth-order valence-electron chi connectivity index (χ4n) is 4.26. The first-order valence-electron chi connectivity index (χ1n) is 11.1. The second kappa shape index (κ2) is 12.0. The summed E-state index contributed by atoms with van der Waals surface area (Å²) in [5.41, 5.74) is 0.766. The molecule has 0 saturated carbocycles. The summed E-state index contributed by atoms with van der Waals surface area (Å²) in [6.07, 6.45) is 5.75. The van der Waals surface area contributed by atoms with Gasteiger partial charge in [0.25, 0.3) is 0 Å². The normalized spacial score (nSPS) is 21.8. The first-order valence-corrected chi connectivity index (χ1v) is 11.9. The van der Waals surface area contributed by atoms with E-state index in [1.165, 1.54) is 6.08 Å². The van der Waals surface area contributed by atoms with E-state index in [1.54, 1.807) is 34.1 Å². The molecular formula is C23H31Cl2N3O4. The van der Waals surface area contributed by atoms with E-state index in [2.05, 4.69) is 4.90 Å². The first kappa shape index (κ1) is 25.0. The quantitative estimate of drug-likeness (QED) is 0.581. The lowest BCUT2D eigenvalue weighted by Gasteiger charge is -2.36. The number of piperidine rings is 1. The Kier molecular flexibility index (Phi) is 9.37. The zero-order valence-electron chi connectivity index (χ0n) is 18.1.